The van der Waals surface area contributed by atoms with Gasteiger partial charge in [0, 0.05) is 25.9 Å². The molecule has 0 aromatic carbocycles. The SMILES string of the molecule is CN(C1CCC(=O)CC1)S(=O)(=O)C1CCCCC1. The minimum atomic E-state index is -3.16. The number of carbonyl (C=O) groups excluding carboxylic acids is 1. The standard InChI is InChI=1S/C13H23NO3S/c1-14(11-7-9-12(15)10-8-11)18(16,17)13-5-3-2-4-6-13/h11,13H,2-10H2,1H3. The molecule has 5 heteroatoms. The number of rotatable bonds is 3. The first-order valence-electron chi connectivity index (χ1n) is 7.00. The molecule has 18 heavy (non-hydrogen) atoms. The summed E-state index contributed by atoms with van der Waals surface area (Å²) in [6, 6.07) is 0.0367. The summed E-state index contributed by atoms with van der Waals surface area (Å²) in [5, 5.41) is -0.186. The zero-order chi connectivity index (χ0) is 13.2. The van der Waals surface area contributed by atoms with Crippen LogP contribution in [0.15, 0.2) is 0 Å². The maximum atomic E-state index is 12.5. The second-order valence-electron chi connectivity index (χ2n) is 5.59. The first kappa shape index (κ1) is 14.0. The van der Waals surface area contributed by atoms with E-state index in [-0.39, 0.29) is 17.1 Å². The van der Waals surface area contributed by atoms with Crippen molar-refractivity contribution in [3.05, 3.63) is 0 Å². The van der Waals surface area contributed by atoms with Crippen molar-refractivity contribution >= 4 is 15.8 Å². The highest BCUT2D eigenvalue weighted by Gasteiger charge is 2.35. The summed E-state index contributed by atoms with van der Waals surface area (Å²) in [5.74, 6) is 0.273. The summed E-state index contributed by atoms with van der Waals surface area (Å²) in [6.07, 6.45) is 7.29. The van der Waals surface area contributed by atoms with E-state index in [0.717, 1.165) is 32.1 Å². The molecule has 2 fully saturated rings. The van der Waals surface area contributed by atoms with Crippen LogP contribution in [-0.2, 0) is 14.8 Å². The van der Waals surface area contributed by atoms with Crippen molar-refractivity contribution in [3.8, 4) is 0 Å². The van der Waals surface area contributed by atoms with Crippen LogP contribution in [0, 0.1) is 0 Å². The number of Topliss-reactive ketones (excluding diaryl/α,β-unsaturated/α-hetero) is 1. The molecule has 4 nitrogen and oxygen atoms in total. The topological polar surface area (TPSA) is 54.5 Å². The third-order valence-corrected chi connectivity index (χ3v) is 6.82. The fraction of sp³-hybridized carbons (Fsp3) is 0.923. The molecular weight excluding hydrogens is 250 g/mol. The largest absolute Gasteiger partial charge is 0.300 e. The Labute approximate surface area is 110 Å². The molecule has 0 N–H and O–H groups in total. The number of ketones is 1. The number of hydrogen-bond acceptors (Lipinski definition) is 3. The fourth-order valence-electron chi connectivity index (χ4n) is 3.09. The van der Waals surface area contributed by atoms with Crippen molar-refractivity contribution in [3.63, 3.8) is 0 Å². The summed E-state index contributed by atoms with van der Waals surface area (Å²) >= 11 is 0. The highest BCUT2D eigenvalue weighted by molar-refractivity contribution is 7.89. The van der Waals surface area contributed by atoms with E-state index >= 15 is 0 Å². The molecule has 2 saturated carbocycles. The number of nitrogens with zero attached hydrogens (tertiary/aromatic N) is 1. The molecule has 0 saturated heterocycles. The summed E-state index contributed by atoms with van der Waals surface area (Å²) in [7, 11) is -1.46. The smallest absolute Gasteiger partial charge is 0.216 e. The number of hydrogen-bond donors (Lipinski definition) is 0. The Morgan fingerprint density at radius 2 is 1.56 bits per heavy atom. The second-order valence-corrected chi connectivity index (χ2v) is 7.86. The summed E-state index contributed by atoms with van der Waals surface area (Å²) in [4.78, 5) is 11.2. The molecule has 0 unspecified atom stereocenters. The minimum absolute atomic E-state index is 0.0367. The van der Waals surface area contributed by atoms with Crippen LogP contribution in [-0.4, -0.2) is 36.8 Å². The Kier molecular flexibility index (Phi) is 4.43. The van der Waals surface area contributed by atoms with Gasteiger partial charge < -0.3 is 0 Å². The van der Waals surface area contributed by atoms with Gasteiger partial charge in [0.25, 0.3) is 0 Å². The van der Waals surface area contributed by atoms with Crippen molar-refractivity contribution in [2.45, 2.75) is 69.1 Å². The van der Waals surface area contributed by atoms with E-state index in [1.54, 1.807) is 11.4 Å². The predicted octanol–water partition coefficient (Wildman–Crippen LogP) is 2.09. The van der Waals surface area contributed by atoms with Gasteiger partial charge in [-0.1, -0.05) is 19.3 Å². The Morgan fingerprint density at radius 3 is 2.11 bits per heavy atom. The number of sulfonamides is 1. The van der Waals surface area contributed by atoms with Crippen molar-refractivity contribution < 1.29 is 13.2 Å². The van der Waals surface area contributed by atoms with Crippen LogP contribution >= 0.6 is 0 Å². The van der Waals surface area contributed by atoms with Gasteiger partial charge in [0.05, 0.1) is 5.25 Å². The van der Waals surface area contributed by atoms with Gasteiger partial charge >= 0.3 is 0 Å². The van der Waals surface area contributed by atoms with E-state index in [4.69, 9.17) is 0 Å². The molecule has 0 spiro atoms. The van der Waals surface area contributed by atoms with Gasteiger partial charge in [-0.3, -0.25) is 4.79 Å². The summed E-state index contributed by atoms with van der Waals surface area (Å²) in [5.41, 5.74) is 0. The molecule has 0 bridgehead atoms. The molecule has 0 aromatic heterocycles. The summed E-state index contributed by atoms with van der Waals surface area (Å²) < 4.78 is 26.6. The number of carbonyl (C=O) groups is 1. The maximum Gasteiger partial charge on any atom is 0.216 e. The third kappa shape index (κ3) is 2.94. The normalized spacial score (nSPS) is 24.7. The predicted molar refractivity (Wildman–Crippen MR) is 70.8 cm³/mol. The van der Waals surface area contributed by atoms with E-state index in [2.05, 4.69) is 0 Å². The van der Waals surface area contributed by atoms with Gasteiger partial charge in [0.15, 0.2) is 0 Å². The Bertz CT molecular complexity index is 388. The fourth-order valence-corrected chi connectivity index (χ4v) is 5.12. The molecule has 2 aliphatic carbocycles. The van der Waals surface area contributed by atoms with Crippen molar-refractivity contribution in [2.24, 2.45) is 0 Å². The van der Waals surface area contributed by atoms with Crippen LogP contribution < -0.4 is 0 Å². The first-order chi connectivity index (χ1) is 8.51. The minimum Gasteiger partial charge on any atom is -0.300 e. The van der Waals surface area contributed by atoms with E-state index in [1.165, 1.54) is 0 Å². The van der Waals surface area contributed by atoms with Crippen molar-refractivity contribution in [1.29, 1.82) is 0 Å². The Morgan fingerprint density at radius 1 is 1.00 bits per heavy atom. The van der Waals surface area contributed by atoms with E-state index in [1.807, 2.05) is 0 Å². The molecule has 0 aliphatic heterocycles. The Balaban J connectivity index is 2.02. The molecule has 0 aromatic rings. The molecule has 0 amide bonds. The average molecular weight is 273 g/mol. The summed E-state index contributed by atoms with van der Waals surface area (Å²) in [6.45, 7) is 0. The molecular formula is C13H23NO3S. The van der Waals surface area contributed by atoms with Gasteiger partial charge in [0.1, 0.15) is 5.78 Å². The molecule has 0 radical (unpaired) electrons. The van der Waals surface area contributed by atoms with Gasteiger partial charge in [-0.05, 0) is 25.7 Å². The van der Waals surface area contributed by atoms with Crippen molar-refractivity contribution in [1.82, 2.24) is 4.31 Å². The average Bonchev–Trinajstić information content (AvgIpc) is 2.40. The van der Waals surface area contributed by atoms with Gasteiger partial charge in [0.2, 0.25) is 10.0 Å². The van der Waals surface area contributed by atoms with E-state index < -0.39 is 10.0 Å². The maximum absolute atomic E-state index is 12.5. The zero-order valence-corrected chi connectivity index (χ0v) is 11.9. The Hall–Kier alpha value is -0.420. The van der Waals surface area contributed by atoms with Crippen LogP contribution in [0.25, 0.3) is 0 Å². The molecule has 0 heterocycles. The van der Waals surface area contributed by atoms with E-state index in [9.17, 15) is 13.2 Å². The van der Waals surface area contributed by atoms with Gasteiger partial charge in [-0.25, -0.2) is 12.7 Å². The lowest BCUT2D eigenvalue weighted by Gasteiger charge is -2.34. The van der Waals surface area contributed by atoms with Crippen LogP contribution in [0.4, 0.5) is 0 Å². The second kappa shape index (κ2) is 5.70. The van der Waals surface area contributed by atoms with Crippen LogP contribution in [0.1, 0.15) is 57.8 Å². The third-order valence-electron chi connectivity index (χ3n) is 4.40. The van der Waals surface area contributed by atoms with Gasteiger partial charge in [-0.2, -0.15) is 0 Å². The van der Waals surface area contributed by atoms with E-state index in [0.29, 0.717) is 25.7 Å². The zero-order valence-electron chi connectivity index (χ0n) is 11.1. The quantitative estimate of drug-likeness (QED) is 0.791. The van der Waals surface area contributed by atoms with Crippen molar-refractivity contribution in [2.75, 3.05) is 7.05 Å². The lowest BCUT2D eigenvalue weighted by Crippen LogP contribution is -2.44. The monoisotopic (exact) mass is 273 g/mol. The molecule has 2 aliphatic rings. The van der Waals surface area contributed by atoms with Gasteiger partial charge in [-0.15, -0.1) is 0 Å². The molecule has 2 rings (SSSR count). The van der Waals surface area contributed by atoms with Crippen LogP contribution in [0.2, 0.25) is 0 Å². The highest BCUT2D eigenvalue weighted by atomic mass is 32.2. The molecule has 0 atom stereocenters. The lowest BCUT2D eigenvalue weighted by molar-refractivity contribution is -0.120. The van der Waals surface area contributed by atoms with Crippen LogP contribution in [0.5, 0.6) is 0 Å². The lowest BCUT2D eigenvalue weighted by atomic mass is 9.95. The molecule has 104 valence electrons. The highest BCUT2D eigenvalue weighted by Crippen LogP contribution is 2.29. The van der Waals surface area contributed by atoms with Crippen LogP contribution in [0.3, 0.4) is 0 Å². The first-order valence-corrected chi connectivity index (χ1v) is 8.50.